The van der Waals surface area contributed by atoms with Crippen LogP contribution in [-0.4, -0.2) is 36.6 Å². The molecule has 2 aliphatic heterocycles. The Morgan fingerprint density at radius 2 is 1.86 bits per heavy atom. The van der Waals surface area contributed by atoms with Gasteiger partial charge in [0.05, 0.1) is 0 Å². The van der Waals surface area contributed by atoms with Crippen LogP contribution in [0.2, 0.25) is 0 Å². The number of ether oxygens (including phenoxy) is 1. The third-order valence-electron chi connectivity index (χ3n) is 4.32. The number of likely N-dealkylation sites (tertiary alicyclic amines) is 1. The van der Waals surface area contributed by atoms with Gasteiger partial charge in [0.15, 0.2) is 0 Å². The van der Waals surface area contributed by atoms with Gasteiger partial charge in [-0.3, -0.25) is 9.69 Å². The van der Waals surface area contributed by atoms with E-state index in [1.165, 1.54) is 31.5 Å². The molecule has 0 aromatic heterocycles. The van der Waals surface area contributed by atoms with Crippen molar-refractivity contribution in [3.63, 3.8) is 0 Å². The third-order valence-corrected chi connectivity index (χ3v) is 4.32. The van der Waals surface area contributed by atoms with Crippen molar-refractivity contribution >= 4 is 5.91 Å². The van der Waals surface area contributed by atoms with Crippen LogP contribution in [-0.2, 0) is 22.6 Å². The lowest BCUT2D eigenvalue weighted by molar-refractivity contribution is -0.130. The molecule has 1 N–H and O–H groups in total. The molecular formula is C17H24N2O2. The SMILES string of the molecule is O=C(NCc1ccc(CN2CCCC2)cc1)[C@H]1CCCO1. The second-order valence-electron chi connectivity index (χ2n) is 6.02. The lowest BCUT2D eigenvalue weighted by atomic mass is 10.1. The highest BCUT2D eigenvalue weighted by Crippen LogP contribution is 2.14. The zero-order valence-corrected chi connectivity index (χ0v) is 12.5. The largest absolute Gasteiger partial charge is 0.368 e. The van der Waals surface area contributed by atoms with E-state index >= 15 is 0 Å². The van der Waals surface area contributed by atoms with Crippen LogP contribution < -0.4 is 5.32 Å². The molecule has 4 nitrogen and oxygen atoms in total. The van der Waals surface area contributed by atoms with Gasteiger partial charge in [0, 0.05) is 19.7 Å². The second kappa shape index (κ2) is 7.05. The zero-order valence-electron chi connectivity index (χ0n) is 12.5. The summed E-state index contributed by atoms with van der Waals surface area (Å²) >= 11 is 0. The van der Waals surface area contributed by atoms with Crippen LogP contribution >= 0.6 is 0 Å². The van der Waals surface area contributed by atoms with Crippen LogP contribution in [0, 0.1) is 0 Å². The fraction of sp³-hybridized carbons (Fsp3) is 0.588. The molecule has 0 spiro atoms. The summed E-state index contributed by atoms with van der Waals surface area (Å²) in [5.74, 6) is 0.0219. The quantitative estimate of drug-likeness (QED) is 0.902. The molecule has 1 aromatic carbocycles. The Bertz CT molecular complexity index is 460. The molecule has 1 atom stereocenters. The Labute approximate surface area is 126 Å². The molecule has 2 fully saturated rings. The number of hydrogen-bond acceptors (Lipinski definition) is 3. The lowest BCUT2D eigenvalue weighted by Gasteiger charge is -2.15. The predicted molar refractivity (Wildman–Crippen MR) is 81.8 cm³/mol. The average molecular weight is 288 g/mol. The Kier molecular flexibility index (Phi) is 4.88. The summed E-state index contributed by atoms with van der Waals surface area (Å²) in [5, 5.41) is 2.96. The van der Waals surface area contributed by atoms with Crippen molar-refractivity contribution in [3.05, 3.63) is 35.4 Å². The number of carbonyl (C=O) groups excluding carboxylic acids is 1. The van der Waals surface area contributed by atoms with Crippen LogP contribution in [0.3, 0.4) is 0 Å². The van der Waals surface area contributed by atoms with Crippen molar-refractivity contribution in [2.24, 2.45) is 0 Å². The number of nitrogens with zero attached hydrogens (tertiary/aromatic N) is 1. The summed E-state index contributed by atoms with van der Waals surface area (Å²) in [5.41, 5.74) is 2.50. The van der Waals surface area contributed by atoms with Crippen molar-refractivity contribution in [2.75, 3.05) is 19.7 Å². The molecule has 3 rings (SSSR count). The maximum absolute atomic E-state index is 11.9. The predicted octanol–water partition coefficient (Wildman–Crippen LogP) is 2.08. The maximum Gasteiger partial charge on any atom is 0.249 e. The summed E-state index contributed by atoms with van der Waals surface area (Å²) < 4.78 is 5.38. The molecule has 0 saturated carbocycles. The molecule has 0 radical (unpaired) electrons. The minimum absolute atomic E-state index is 0.0219. The van der Waals surface area contributed by atoms with E-state index in [2.05, 4.69) is 34.5 Å². The third kappa shape index (κ3) is 4.05. The first-order valence-electron chi connectivity index (χ1n) is 8.01. The first-order chi connectivity index (χ1) is 10.3. The molecule has 1 amide bonds. The number of benzene rings is 1. The van der Waals surface area contributed by atoms with Crippen LogP contribution in [0.15, 0.2) is 24.3 Å². The Morgan fingerprint density at radius 3 is 2.52 bits per heavy atom. The van der Waals surface area contributed by atoms with E-state index in [0.717, 1.165) is 24.9 Å². The monoisotopic (exact) mass is 288 g/mol. The molecule has 0 bridgehead atoms. The summed E-state index contributed by atoms with van der Waals surface area (Å²) in [7, 11) is 0. The first-order valence-corrected chi connectivity index (χ1v) is 8.01. The van der Waals surface area contributed by atoms with Crippen molar-refractivity contribution in [1.82, 2.24) is 10.2 Å². The first kappa shape index (κ1) is 14.5. The standard InChI is InChI=1S/C17H24N2O2/c20-17(16-4-3-11-21-16)18-12-14-5-7-15(8-6-14)13-19-9-1-2-10-19/h5-8,16H,1-4,9-13H2,(H,18,20)/t16-/m1/s1. The van der Waals surface area contributed by atoms with Gasteiger partial charge in [-0.05, 0) is 49.9 Å². The van der Waals surface area contributed by atoms with Gasteiger partial charge in [-0.1, -0.05) is 24.3 Å². The van der Waals surface area contributed by atoms with E-state index in [-0.39, 0.29) is 12.0 Å². The molecule has 4 heteroatoms. The van der Waals surface area contributed by atoms with E-state index < -0.39 is 0 Å². The van der Waals surface area contributed by atoms with Gasteiger partial charge in [-0.25, -0.2) is 0 Å². The molecule has 2 saturated heterocycles. The van der Waals surface area contributed by atoms with Gasteiger partial charge >= 0.3 is 0 Å². The van der Waals surface area contributed by atoms with Crippen molar-refractivity contribution in [2.45, 2.75) is 44.9 Å². The molecule has 2 heterocycles. The summed E-state index contributed by atoms with van der Waals surface area (Å²) in [6.07, 6.45) is 4.25. The maximum atomic E-state index is 11.9. The fourth-order valence-corrected chi connectivity index (χ4v) is 3.05. The zero-order chi connectivity index (χ0) is 14.5. The summed E-state index contributed by atoms with van der Waals surface area (Å²) in [6.45, 7) is 4.78. The highest BCUT2D eigenvalue weighted by molar-refractivity contribution is 5.80. The van der Waals surface area contributed by atoms with Crippen molar-refractivity contribution in [3.8, 4) is 0 Å². The average Bonchev–Trinajstić information content (AvgIpc) is 3.19. The lowest BCUT2D eigenvalue weighted by Crippen LogP contribution is -2.33. The number of nitrogens with one attached hydrogen (secondary N) is 1. The van der Waals surface area contributed by atoms with Gasteiger partial charge in [0.2, 0.25) is 5.91 Å². The normalized spacial score (nSPS) is 22.6. The van der Waals surface area contributed by atoms with E-state index in [0.29, 0.717) is 13.2 Å². The number of rotatable bonds is 5. The number of hydrogen-bond donors (Lipinski definition) is 1. The van der Waals surface area contributed by atoms with Crippen molar-refractivity contribution in [1.29, 1.82) is 0 Å². The van der Waals surface area contributed by atoms with Crippen molar-refractivity contribution < 1.29 is 9.53 Å². The van der Waals surface area contributed by atoms with Crippen LogP contribution in [0.1, 0.15) is 36.8 Å². The highest BCUT2D eigenvalue weighted by Gasteiger charge is 2.22. The minimum Gasteiger partial charge on any atom is -0.368 e. The van der Waals surface area contributed by atoms with E-state index in [1.54, 1.807) is 0 Å². The van der Waals surface area contributed by atoms with E-state index in [4.69, 9.17) is 4.74 Å². The molecule has 1 aromatic rings. The Morgan fingerprint density at radius 1 is 1.14 bits per heavy atom. The summed E-state index contributed by atoms with van der Waals surface area (Å²) in [6, 6.07) is 8.57. The number of carbonyl (C=O) groups is 1. The molecule has 114 valence electrons. The Balaban J connectivity index is 1.46. The van der Waals surface area contributed by atoms with Crippen LogP contribution in [0.5, 0.6) is 0 Å². The van der Waals surface area contributed by atoms with E-state index in [1.807, 2.05) is 0 Å². The number of amides is 1. The molecule has 0 unspecified atom stereocenters. The molecule has 21 heavy (non-hydrogen) atoms. The van der Waals surface area contributed by atoms with E-state index in [9.17, 15) is 4.79 Å². The highest BCUT2D eigenvalue weighted by atomic mass is 16.5. The van der Waals surface area contributed by atoms with Gasteiger partial charge in [-0.15, -0.1) is 0 Å². The van der Waals surface area contributed by atoms with Gasteiger partial charge in [-0.2, -0.15) is 0 Å². The molecular weight excluding hydrogens is 264 g/mol. The van der Waals surface area contributed by atoms with Crippen LogP contribution in [0.4, 0.5) is 0 Å². The minimum atomic E-state index is -0.237. The smallest absolute Gasteiger partial charge is 0.249 e. The second-order valence-corrected chi connectivity index (χ2v) is 6.02. The van der Waals surface area contributed by atoms with Gasteiger partial charge < -0.3 is 10.1 Å². The fourth-order valence-electron chi connectivity index (χ4n) is 3.05. The molecule has 2 aliphatic rings. The van der Waals surface area contributed by atoms with Gasteiger partial charge in [0.25, 0.3) is 0 Å². The van der Waals surface area contributed by atoms with Crippen LogP contribution in [0.25, 0.3) is 0 Å². The topological polar surface area (TPSA) is 41.6 Å². The summed E-state index contributed by atoms with van der Waals surface area (Å²) in [4.78, 5) is 14.4. The Hall–Kier alpha value is -1.39. The van der Waals surface area contributed by atoms with Gasteiger partial charge in [0.1, 0.15) is 6.10 Å². The molecule has 0 aliphatic carbocycles.